The molecule has 2 nitrogen and oxygen atoms in total. The maximum absolute atomic E-state index is 8.99. The molecule has 0 radical (unpaired) electrons. The lowest BCUT2D eigenvalue weighted by Crippen LogP contribution is -2.27. The molecule has 0 aliphatic heterocycles. The van der Waals surface area contributed by atoms with Crippen LogP contribution in [0.5, 0.6) is 0 Å². The fourth-order valence-corrected chi connectivity index (χ4v) is 2.00. The second kappa shape index (κ2) is 3.91. The van der Waals surface area contributed by atoms with Crippen molar-refractivity contribution < 1.29 is 4.74 Å². The summed E-state index contributed by atoms with van der Waals surface area (Å²) in [6, 6.07) is 2.32. The molecule has 2 heteroatoms. The van der Waals surface area contributed by atoms with Crippen LogP contribution in [0.3, 0.4) is 0 Å². The number of nitrogens with zero attached hydrogens (tertiary/aromatic N) is 1. The first-order chi connectivity index (χ1) is 5.76. The summed E-state index contributed by atoms with van der Waals surface area (Å²) in [5, 5.41) is 8.99. The van der Waals surface area contributed by atoms with Crippen molar-refractivity contribution in [1.82, 2.24) is 0 Å². The average molecular weight is 167 g/mol. The Hall–Kier alpha value is -0.550. The van der Waals surface area contributed by atoms with Gasteiger partial charge in [0.2, 0.25) is 0 Å². The first-order valence-electron chi connectivity index (χ1n) is 4.81. The molecule has 1 saturated carbocycles. The highest BCUT2D eigenvalue weighted by atomic mass is 16.5. The van der Waals surface area contributed by atoms with Crippen LogP contribution in [-0.2, 0) is 4.74 Å². The lowest BCUT2D eigenvalue weighted by Gasteiger charge is -2.20. The van der Waals surface area contributed by atoms with Crippen LogP contribution in [0.25, 0.3) is 0 Å². The Morgan fingerprint density at radius 3 is 2.75 bits per heavy atom. The quantitative estimate of drug-likeness (QED) is 0.647. The van der Waals surface area contributed by atoms with E-state index < -0.39 is 5.60 Å². The first kappa shape index (κ1) is 9.54. The van der Waals surface area contributed by atoms with Gasteiger partial charge in [0, 0.05) is 6.61 Å². The lowest BCUT2D eigenvalue weighted by molar-refractivity contribution is 0.00791. The number of hydrogen-bond donors (Lipinski definition) is 0. The van der Waals surface area contributed by atoms with Gasteiger partial charge in [-0.1, -0.05) is 13.3 Å². The predicted octanol–water partition coefficient (Wildman–Crippen LogP) is 2.50. The molecule has 0 aromatic heterocycles. The Morgan fingerprint density at radius 1 is 1.58 bits per heavy atom. The zero-order chi connectivity index (χ0) is 9.03. The molecule has 0 N–H and O–H groups in total. The van der Waals surface area contributed by atoms with Crippen molar-refractivity contribution in [3.05, 3.63) is 0 Å². The van der Waals surface area contributed by atoms with E-state index in [-0.39, 0.29) is 0 Å². The van der Waals surface area contributed by atoms with Crippen LogP contribution in [0.4, 0.5) is 0 Å². The predicted molar refractivity (Wildman–Crippen MR) is 47.6 cm³/mol. The van der Waals surface area contributed by atoms with Crippen molar-refractivity contribution in [3.63, 3.8) is 0 Å². The largest absolute Gasteiger partial charge is 0.360 e. The van der Waals surface area contributed by atoms with Gasteiger partial charge in [-0.25, -0.2) is 0 Å². The third kappa shape index (κ3) is 1.78. The summed E-state index contributed by atoms with van der Waals surface area (Å²) in [5.74, 6) is 0.705. The number of ether oxygens (including phenoxy) is 1. The average Bonchev–Trinajstić information content (AvgIpc) is 2.50. The minimum Gasteiger partial charge on any atom is -0.360 e. The van der Waals surface area contributed by atoms with E-state index in [9.17, 15) is 0 Å². The Labute approximate surface area is 74.5 Å². The van der Waals surface area contributed by atoms with Gasteiger partial charge >= 0.3 is 0 Å². The molecule has 0 amide bonds. The van der Waals surface area contributed by atoms with E-state index >= 15 is 0 Å². The molecule has 1 rings (SSSR count). The van der Waals surface area contributed by atoms with Crippen LogP contribution in [0.1, 0.15) is 39.5 Å². The molecule has 0 aromatic rings. The van der Waals surface area contributed by atoms with Crippen LogP contribution in [0, 0.1) is 17.2 Å². The van der Waals surface area contributed by atoms with Crippen LogP contribution in [0.2, 0.25) is 0 Å². The molecule has 0 bridgehead atoms. The SMILES string of the molecule is CCOC1(C#N)CCC(CC)C1. The molecule has 1 aliphatic rings. The molecule has 12 heavy (non-hydrogen) atoms. The summed E-state index contributed by atoms with van der Waals surface area (Å²) in [7, 11) is 0. The molecule has 2 atom stereocenters. The van der Waals surface area contributed by atoms with E-state index in [0.717, 1.165) is 19.3 Å². The van der Waals surface area contributed by atoms with Gasteiger partial charge in [-0.2, -0.15) is 5.26 Å². The standard InChI is InChI=1S/C10H17NO/c1-3-9-5-6-10(7-9,8-11)12-4-2/h9H,3-7H2,1-2H3. The van der Waals surface area contributed by atoms with E-state index in [0.29, 0.717) is 12.5 Å². The zero-order valence-electron chi connectivity index (χ0n) is 7.97. The topological polar surface area (TPSA) is 33.0 Å². The Balaban J connectivity index is 2.55. The minimum atomic E-state index is -0.435. The summed E-state index contributed by atoms with van der Waals surface area (Å²) >= 11 is 0. The van der Waals surface area contributed by atoms with Gasteiger partial charge in [-0.05, 0) is 32.1 Å². The number of nitriles is 1. The lowest BCUT2D eigenvalue weighted by atomic mass is 10.0. The fraction of sp³-hybridized carbons (Fsp3) is 0.900. The summed E-state index contributed by atoms with van der Waals surface area (Å²) < 4.78 is 5.51. The van der Waals surface area contributed by atoms with Gasteiger partial charge in [0.05, 0.1) is 6.07 Å². The maximum Gasteiger partial charge on any atom is 0.154 e. The van der Waals surface area contributed by atoms with Gasteiger partial charge in [0.15, 0.2) is 5.60 Å². The van der Waals surface area contributed by atoms with Crippen LogP contribution in [-0.4, -0.2) is 12.2 Å². The van der Waals surface area contributed by atoms with E-state index in [1.807, 2.05) is 6.92 Å². The van der Waals surface area contributed by atoms with Gasteiger partial charge in [0.25, 0.3) is 0 Å². The number of rotatable bonds is 3. The maximum atomic E-state index is 8.99. The Bertz CT molecular complexity index is 185. The van der Waals surface area contributed by atoms with Crippen LogP contribution in [0.15, 0.2) is 0 Å². The Kier molecular flexibility index (Phi) is 3.11. The highest BCUT2D eigenvalue weighted by Crippen LogP contribution is 2.38. The van der Waals surface area contributed by atoms with E-state index in [1.165, 1.54) is 6.42 Å². The molecular formula is C10H17NO. The van der Waals surface area contributed by atoms with Crippen molar-refractivity contribution in [2.45, 2.75) is 45.1 Å². The molecular weight excluding hydrogens is 150 g/mol. The molecule has 0 heterocycles. The third-order valence-electron chi connectivity index (χ3n) is 2.78. The van der Waals surface area contributed by atoms with Gasteiger partial charge in [0.1, 0.15) is 0 Å². The van der Waals surface area contributed by atoms with E-state index in [4.69, 9.17) is 10.00 Å². The van der Waals surface area contributed by atoms with E-state index in [1.54, 1.807) is 0 Å². The summed E-state index contributed by atoms with van der Waals surface area (Å²) in [4.78, 5) is 0. The fourth-order valence-electron chi connectivity index (χ4n) is 2.00. The van der Waals surface area contributed by atoms with Crippen molar-refractivity contribution in [2.24, 2.45) is 5.92 Å². The third-order valence-corrected chi connectivity index (χ3v) is 2.78. The molecule has 0 saturated heterocycles. The molecule has 1 fully saturated rings. The monoisotopic (exact) mass is 167 g/mol. The molecule has 68 valence electrons. The van der Waals surface area contributed by atoms with Crippen LogP contribution >= 0.6 is 0 Å². The van der Waals surface area contributed by atoms with Crippen molar-refractivity contribution in [3.8, 4) is 6.07 Å². The zero-order valence-corrected chi connectivity index (χ0v) is 7.97. The Morgan fingerprint density at radius 2 is 2.33 bits per heavy atom. The molecule has 0 aromatic carbocycles. The summed E-state index contributed by atoms with van der Waals surface area (Å²) in [6.07, 6.45) is 4.20. The van der Waals surface area contributed by atoms with Crippen molar-refractivity contribution in [2.75, 3.05) is 6.61 Å². The normalized spacial score (nSPS) is 34.9. The highest BCUT2D eigenvalue weighted by molar-refractivity contribution is 5.06. The smallest absolute Gasteiger partial charge is 0.154 e. The molecule has 0 spiro atoms. The van der Waals surface area contributed by atoms with Crippen molar-refractivity contribution in [1.29, 1.82) is 5.26 Å². The van der Waals surface area contributed by atoms with Crippen molar-refractivity contribution >= 4 is 0 Å². The van der Waals surface area contributed by atoms with Gasteiger partial charge < -0.3 is 4.74 Å². The first-order valence-corrected chi connectivity index (χ1v) is 4.81. The minimum absolute atomic E-state index is 0.435. The van der Waals surface area contributed by atoms with Crippen LogP contribution < -0.4 is 0 Å². The molecule has 1 aliphatic carbocycles. The van der Waals surface area contributed by atoms with Gasteiger partial charge in [-0.15, -0.1) is 0 Å². The second-order valence-corrected chi connectivity index (χ2v) is 3.56. The van der Waals surface area contributed by atoms with E-state index in [2.05, 4.69) is 13.0 Å². The summed E-state index contributed by atoms with van der Waals surface area (Å²) in [5.41, 5.74) is -0.435. The summed E-state index contributed by atoms with van der Waals surface area (Å²) in [6.45, 7) is 4.80. The number of hydrogen-bond acceptors (Lipinski definition) is 2. The highest BCUT2D eigenvalue weighted by Gasteiger charge is 2.39. The van der Waals surface area contributed by atoms with Gasteiger partial charge in [-0.3, -0.25) is 0 Å². The molecule has 2 unspecified atom stereocenters. The second-order valence-electron chi connectivity index (χ2n) is 3.56.